The van der Waals surface area contributed by atoms with Gasteiger partial charge in [-0.25, -0.2) is 4.79 Å². The predicted molar refractivity (Wildman–Crippen MR) is 72.5 cm³/mol. The number of esters is 1. The molecule has 1 aromatic carbocycles. The summed E-state index contributed by atoms with van der Waals surface area (Å²) in [5.74, 6) is 1.75. The second-order valence-electron chi connectivity index (χ2n) is 3.96. The molecule has 1 aromatic heterocycles. The zero-order valence-corrected chi connectivity index (χ0v) is 11.5. The third kappa shape index (κ3) is 3.32. The van der Waals surface area contributed by atoms with Crippen molar-refractivity contribution in [1.82, 2.24) is 0 Å². The molecule has 2 rings (SSSR count). The number of phenols is 1. The molecule has 0 atom stereocenters. The van der Waals surface area contributed by atoms with Gasteiger partial charge in [-0.2, -0.15) is 0 Å². The lowest BCUT2D eigenvalue weighted by Gasteiger charge is -1.99. The zero-order valence-electron chi connectivity index (χ0n) is 10.7. The maximum Gasteiger partial charge on any atom is 0.341 e. The largest absolute Gasteiger partial charge is 0.508 e. The summed E-state index contributed by atoms with van der Waals surface area (Å²) in [6, 6.07) is 8.63. The van der Waals surface area contributed by atoms with Gasteiger partial charge in [0.05, 0.1) is 12.9 Å². The smallest absolute Gasteiger partial charge is 0.341 e. The van der Waals surface area contributed by atoms with Gasteiger partial charge in [0.2, 0.25) is 0 Å². The molecule has 1 heterocycles. The van der Waals surface area contributed by atoms with Gasteiger partial charge < -0.3 is 14.3 Å². The van der Waals surface area contributed by atoms with Crippen LogP contribution in [-0.4, -0.2) is 18.2 Å². The summed E-state index contributed by atoms with van der Waals surface area (Å²) in [5.41, 5.74) is 0.462. The Morgan fingerprint density at radius 3 is 2.68 bits per heavy atom. The number of aryl methyl sites for hydroxylation is 1. The molecule has 5 heteroatoms. The molecular weight excluding hydrogens is 264 g/mol. The monoisotopic (exact) mass is 278 g/mol. The summed E-state index contributed by atoms with van der Waals surface area (Å²) in [5, 5.41) is 9.19. The Labute approximate surface area is 115 Å². The van der Waals surface area contributed by atoms with Crippen molar-refractivity contribution in [2.24, 2.45) is 0 Å². The number of ether oxygens (including phenoxy) is 1. The van der Waals surface area contributed by atoms with Gasteiger partial charge >= 0.3 is 5.97 Å². The van der Waals surface area contributed by atoms with Crippen LogP contribution in [0.4, 0.5) is 0 Å². The van der Waals surface area contributed by atoms with Crippen LogP contribution in [0.15, 0.2) is 39.6 Å². The van der Waals surface area contributed by atoms with Crippen molar-refractivity contribution in [3.8, 4) is 5.75 Å². The molecule has 1 N–H and O–H groups in total. The van der Waals surface area contributed by atoms with Crippen LogP contribution in [0, 0.1) is 6.92 Å². The zero-order chi connectivity index (χ0) is 13.8. The highest BCUT2D eigenvalue weighted by Crippen LogP contribution is 2.26. The number of carbonyl (C=O) groups excluding carboxylic acids is 1. The second kappa shape index (κ2) is 5.84. The van der Waals surface area contributed by atoms with E-state index in [1.54, 1.807) is 36.9 Å². The summed E-state index contributed by atoms with van der Waals surface area (Å²) in [7, 11) is 1.35. The van der Waals surface area contributed by atoms with Crippen LogP contribution in [-0.2, 0) is 10.5 Å². The van der Waals surface area contributed by atoms with E-state index >= 15 is 0 Å². The fraction of sp³-hybridized carbons (Fsp3) is 0.214. The Bertz CT molecular complexity index is 572. The fourth-order valence-electron chi connectivity index (χ4n) is 1.62. The van der Waals surface area contributed by atoms with Gasteiger partial charge in [0.25, 0.3) is 0 Å². The molecule has 0 fully saturated rings. The molecule has 2 aromatic rings. The minimum atomic E-state index is -0.387. The van der Waals surface area contributed by atoms with E-state index in [9.17, 15) is 9.90 Å². The van der Waals surface area contributed by atoms with Crippen LogP contribution < -0.4 is 0 Å². The predicted octanol–water partition coefficient (Wildman–Crippen LogP) is 3.37. The first-order valence-electron chi connectivity index (χ1n) is 5.69. The summed E-state index contributed by atoms with van der Waals surface area (Å²) in [6.45, 7) is 1.74. The van der Waals surface area contributed by atoms with Crippen LogP contribution >= 0.6 is 11.8 Å². The summed E-state index contributed by atoms with van der Waals surface area (Å²) in [6.07, 6.45) is 0. The highest BCUT2D eigenvalue weighted by atomic mass is 32.2. The molecule has 0 radical (unpaired) electrons. The van der Waals surface area contributed by atoms with Crippen molar-refractivity contribution in [2.75, 3.05) is 7.11 Å². The average molecular weight is 278 g/mol. The van der Waals surface area contributed by atoms with E-state index in [1.807, 2.05) is 12.1 Å². The Hall–Kier alpha value is -1.88. The van der Waals surface area contributed by atoms with Crippen molar-refractivity contribution in [2.45, 2.75) is 17.6 Å². The molecule has 0 amide bonds. The van der Waals surface area contributed by atoms with Crippen LogP contribution in [0.1, 0.15) is 21.9 Å². The molecule has 0 bridgehead atoms. The van der Waals surface area contributed by atoms with Gasteiger partial charge in [-0.05, 0) is 37.3 Å². The Kier molecular flexibility index (Phi) is 4.16. The van der Waals surface area contributed by atoms with Crippen molar-refractivity contribution < 1.29 is 19.1 Å². The Balaban J connectivity index is 2.04. The first-order chi connectivity index (χ1) is 9.10. The summed E-state index contributed by atoms with van der Waals surface area (Å²) >= 11 is 1.57. The van der Waals surface area contributed by atoms with Gasteiger partial charge in [-0.15, -0.1) is 11.8 Å². The number of hydrogen-bond donors (Lipinski definition) is 1. The van der Waals surface area contributed by atoms with E-state index in [0.29, 0.717) is 17.1 Å². The van der Waals surface area contributed by atoms with Crippen LogP contribution in [0.5, 0.6) is 5.75 Å². The highest BCUT2D eigenvalue weighted by Gasteiger charge is 2.15. The third-order valence-corrected chi connectivity index (χ3v) is 3.63. The molecule has 0 aliphatic heterocycles. The van der Waals surface area contributed by atoms with Gasteiger partial charge in [-0.1, -0.05) is 0 Å². The van der Waals surface area contributed by atoms with Gasteiger partial charge in [0, 0.05) is 4.90 Å². The fourth-order valence-corrected chi connectivity index (χ4v) is 2.40. The first-order valence-corrected chi connectivity index (χ1v) is 6.68. The third-order valence-electron chi connectivity index (χ3n) is 2.59. The van der Waals surface area contributed by atoms with E-state index in [1.165, 1.54) is 7.11 Å². The van der Waals surface area contributed by atoms with E-state index in [0.717, 1.165) is 10.7 Å². The number of furan rings is 1. The summed E-state index contributed by atoms with van der Waals surface area (Å²) in [4.78, 5) is 12.5. The molecular formula is C14H14O4S. The number of hydrogen-bond acceptors (Lipinski definition) is 5. The second-order valence-corrected chi connectivity index (χ2v) is 5.01. The average Bonchev–Trinajstić information content (AvgIpc) is 2.78. The Morgan fingerprint density at radius 1 is 1.37 bits per heavy atom. The normalized spacial score (nSPS) is 10.4. The molecule has 0 saturated heterocycles. The quantitative estimate of drug-likeness (QED) is 0.686. The summed E-state index contributed by atoms with van der Waals surface area (Å²) < 4.78 is 10.2. The van der Waals surface area contributed by atoms with Crippen molar-refractivity contribution in [3.63, 3.8) is 0 Å². The molecule has 19 heavy (non-hydrogen) atoms. The Morgan fingerprint density at radius 2 is 2.05 bits per heavy atom. The number of benzene rings is 1. The number of carbonyl (C=O) groups is 1. The standard InChI is InChI=1S/C14H14O4S/c1-9-13(14(16)17-2)7-11(18-9)8-19-12-5-3-10(15)4-6-12/h3-7,15H,8H2,1-2H3. The molecule has 100 valence electrons. The first kappa shape index (κ1) is 13.5. The van der Waals surface area contributed by atoms with Crippen molar-refractivity contribution in [1.29, 1.82) is 0 Å². The molecule has 0 aliphatic rings. The van der Waals surface area contributed by atoms with Gasteiger partial charge in [0.15, 0.2) is 0 Å². The maximum atomic E-state index is 11.4. The van der Waals surface area contributed by atoms with Crippen LogP contribution in [0.2, 0.25) is 0 Å². The number of methoxy groups -OCH3 is 1. The van der Waals surface area contributed by atoms with E-state index < -0.39 is 0 Å². The minimum absolute atomic E-state index is 0.242. The number of phenolic OH excluding ortho intramolecular Hbond substituents is 1. The van der Waals surface area contributed by atoms with Crippen LogP contribution in [0.3, 0.4) is 0 Å². The number of thioether (sulfide) groups is 1. The lowest BCUT2D eigenvalue weighted by atomic mass is 10.2. The molecule has 0 saturated carbocycles. The number of rotatable bonds is 4. The molecule has 0 unspecified atom stereocenters. The van der Waals surface area contributed by atoms with E-state index in [-0.39, 0.29) is 11.7 Å². The maximum absolute atomic E-state index is 11.4. The lowest BCUT2D eigenvalue weighted by molar-refractivity contribution is 0.0599. The van der Waals surface area contributed by atoms with Gasteiger partial charge in [0.1, 0.15) is 22.8 Å². The van der Waals surface area contributed by atoms with Crippen molar-refractivity contribution in [3.05, 3.63) is 47.4 Å². The molecule has 4 nitrogen and oxygen atoms in total. The molecule has 0 spiro atoms. The number of aromatic hydroxyl groups is 1. The highest BCUT2D eigenvalue weighted by molar-refractivity contribution is 7.98. The topological polar surface area (TPSA) is 59.7 Å². The van der Waals surface area contributed by atoms with E-state index in [4.69, 9.17) is 4.42 Å². The van der Waals surface area contributed by atoms with Gasteiger partial charge in [-0.3, -0.25) is 0 Å². The SMILES string of the molecule is COC(=O)c1cc(CSc2ccc(O)cc2)oc1C. The van der Waals surface area contributed by atoms with Crippen molar-refractivity contribution >= 4 is 17.7 Å². The van der Waals surface area contributed by atoms with Crippen LogP contribution in [0.25, 0.3) is 0 Å². The van der Waals surface area contributed by atoms with E-state index in [2.05, 4.69) is 4.74 Å². The minimum Gasteiger partial charge on any atom is -0.508 e. The lowest BCUT2D eigenvalue weighted by Crippen LogP contribution is -2.00. The molecule has 0 aliphatic carbocycles.